The summed E-state index contributed by atoms with van der Waals surface area (Å²) in [5.74, 6) is -0.593. The topological polar surface area (TPSA) is 52.5 Å². The second-order valence-corrected chi connectivity index (χ2v) is 4.05. The molecule has 0 aliphatic carbocycles. The third kappa shape index (κ3) is 2.37. The van der Waals surface area contributed by atoms with Gasteiger partial charge in [0.2, 0.25) is 0 Å². The first-order chi connectivity index (χ1) is 8.59. The van der Waals surface area contributed by atoms with Crippen LogP contribution in [0.5, 0.6) is 11.5 Å². The molecule has 94 valence electrons. The van der Waals surface area contributed by atoms with E-state index in [0.29, 0.717) is 23.4 Å². The van der Waals surface area contributed by atoms with Gasteiger partial charge in [-0.3, -0.25) is 0 Å². The van der Waals surface area contributed by atoms with E-state index in [0.717, 1.165) is 0 Å². The first-order valence-electron chi connectivity index (χ1n) is 5.58. The second kappa shape index (κ2) is 4.96. The van der Waals surface area contributed by atoms with Gasteiger partial charge in [-0.2, -0.15) is 0 Å². The van der Waals surface area contributed by atoms with Gasteiger partial charge < -0.3 is 15.5 Å². The van der Waals surface area contributed by atoms with Crippen molar-refractivity contribution < 1.29 is 14.6 Å². The number of hydrogen-bond donors (Lipinski definition) is 3. The molecule has 0 saturated heterocycles. The molecule has 0 aliphatic rings. The van der Waals surface area contributed by atoms with Crippen LogP contribution in [0.1, 0.15) is 11.1 Å². The van der Waals surface area contributed by atoms with Crippen molar-refractivity contribution in [2.24, 2.45) is 0 Å². The predicted octanol–water partition coefficient (Wildman–Crippen LogP) is 3.16. The molecule has 0 heterocycles. The number of benzene rings is 2. The molecule has 0 atom stereocenters. The fourth-order valence-corrected chi connectivity index (χ4v) is 1.71. The summed E-state index contributed by atoms with van der Waals surface area (Å²) in [6, 6.07) is 9.52. The van der Waals surface area contributed by atoms with E-state index in [2.05, 4.69) is 5.32 Å². The molecule has 2 rings (SSSR count). The van der Waals surface area contributed by atoms with E-state index in [1.807, 2.05) is 0 Å². The zero-order chi connectivity index (χ0) is 13.1. The summed E-state index contributed by atoms with van der Waals surface area (Å²) < 4.78 is 13.3. The number of rotatable bonds is 3. The Morgan fingerprint density at radius 2 is 1.83 bits per heavy atom. The van der Waals surface area contributed by atoms with Gasteiger partial charge in [-0.15, -0.1) is 0 Å². The molecule has 0 fully saturated rings. The van der Waals surface area contributed by atoms with E-state index in [4.69, 9.17) is 0 Å². The van der Waals surface area contributed by atoms with Crippen LogP contribution >= 0.6 is 0 Å². The van der Waals surface area contributed by atoms with Crippen LogP contribution < -0.4 is 5.32 Å². The summed E-state index contributed by atoms with van der Waals surface area (Å²) in [5, 5.41) is 22.0. The molecule has 4 heteroatoms. The van der Waals surface area contributed by atoms with E-state index < -0.39 is 0 Å². The molecule has 3 nitrogen and oxygen atoms in total. The molecular formula is C14H14FNO2. The maximum Gasteiger partial charge on any atom is 0.162 e. The minimum absolute atomic E-state index is 0.154. The van der Waals surface area contributed by atoms with Crippen LogP contribution in [0.25, 0.3) is 0 Å². The van der Waals surface area contributed by atoms with Gasteiger partial charge in [-0.25, -0.2) is 4.39 Å². The highest BCUT2D eigenvalue weighted by molar-refractivity contribution is 5.53. The number of halogens is 1. The number of aromatic hydroxyl groups is 2. The van der Waals surface area contributed by atoms with E-state index in [1.165, 1.54) is 12.1 Å². The second-order valence-electron chi connectivity index (χ2n) is 4.05. The Labute approximate surface area is 105 Å². The molecule has 0 bridgehead atoms. The SMILES string of the molecule is Cc1c(F)cccc1NCc1cccc(O)c1O. The van der Waals surface area contributed by atoms with Gasteiger partial charge in [0.1, 0.15) is 5.82 Å². The lowest BCUT2D eigenvalue weighted by Crippen LogP contribution is -2.02. The molecule has 0 aliphatic heterocycles. The molecule has 2 aromatic carbocycles. The highest BCUT2D eigenvalue weighted by Gasteiger charge is 2.07. The zero-order valence-electron chi connectivity index (χ0n) is 9.94. The summed E-state index contributed by atoms with van der Waals surface area (Å²) in [6.07, 6.45) is 0. The van der Waals surface area contributed by atoms with Crippen LogP contribution in [0.15, 0.2) is 36.4 Å². The van der Waals surface area contributed by atoms with Crippen LogP contribution in [0.2, 0.25) is 0 Å². The van der Waals surface area contributed by atoms with E-state index in [9.17, 15) is 14.6 Å². The highest BCUT2D eigenvalue weighted by atomic mass is 19.1. The van der Waals surface area contributed by atoms with Gasteiger partial charge in [-0.1, -0.05) is 18.2 Å². The Bertz CT molecular complexity index is 518. The maximum atomic E-state index is 13.3. The Morgan fingerprint density at radius 1 is 1.11 bits per heavy atom. The molecule has 2 aromatic rings. The minimum Gasteiger partial charge on any atom is -0.504 e. The van der Waals surface area contributed by atoms with Crippen LogP contribution in [-0.4, -0.2) is 10.2 Å². The predicted molar refractivity (Wildman–Crippen MR) is 68.2 cm³/mol. The number of hydrogen-bond acceptors (Lipinski definition) is 3. The fourth-order valence-electron chi connectivity index (χ4n) is 1.71. The van der Waals surface area contributed by atoms with Gasteiger partial charge in [0.05, 0.1) is 0 Å². The smallest absolute Gasteiger partial charge is 0.162 e. The molecule has 0 saturated carbocycles. The van der Waals surface area contributed by atoms with Gasteiger partial charge in [-0.05, 0) is 25.1 Å². The van der Waals surface area contributed by atoms with Crippen LogP contribution in [-0.2, 0) is 6.54 Å². The van der Waals surface area contributed by atoms with Crippen molar-refractivity contribution in [3.8, 4) is 11.5 Å². The Kier molecular flexibility index (Phi) is 3.37. The number of phenols is 2. The Balaban J connectivity index is 2.17. The van der Waals surface area contributed by atoms with Crippen molar-refractivity contribution in [3.63, 3.8) is 0 Å². The third-order valence-electron chi connectivity index (χ3n) is 2.84. The van der Waals surface area contributed by atoms with Crippen LogP contribution in [0.4, 0.5) is 10.1 Å². The average molecular weight is 247 g/mol. The molecule has 0 spiro atoms. The molecular weight excluding hydrogens is 233 g/mol. The number of phenolic OH excluding ortho intramolecular Hbond substituents is 2. The van der Waals surface area contributed by atoms with Crippen molar-refractivity contribution in [3.05, 3.63) is 53.3 Å². The van der Waals surface area contributed by atoms with Crippen LogP contribution in [0.3, 0.4) is 0 Å². The number of para-hydroxylation sites is 1. The Hall–Kier alpha value is -2.23. The lowest BCUT2D eigenvalue weighted by atomic mass is 10.1. The minimum atomic E-state index is -0.278. The highest BCUT2D eigenvalue weighted by Crippen LogP contribution is 2.29. The first-order valence-corrected chi connectivity index (χ1v) is 5.58. The van der Waals surface area contributed by atoms with E-state index in [-0.39, 0.29) is 17.3 Å². The van der Waals surface area contributed by atoms with Crippen molar-refractivity contribution in [1.82, 2.24) is 0 Å². The van der Waals surface area contributed by atoms with Gasteiger partial charge in [0.15, 0.2) is 11.5 Å². The largest absolute Gasteiger partial charge is 0.504 e. The van der Waals surface area contributed by atoms with Crippen molar-refractivity contribution in [1.29, 1.82) is 0 Å². The fraction of sp³-hybridized carbons (Fsp3) is 0.143. The van der Waals surface area contributed by atoms with Gasteiger partial charge in [0.25, 0.3) is 0 Å². The van der Waals surface area contributed by atoms with Crippen molar-refractivity contribution in [2.45, 2.75) is 13.5 Å². The van der Waals surface area contributed by atoms with Crippen LogP contribution in [0, 0.1) is 12.7 Å². The maximum absolute atomic E-state index is 13.3. The average Bonchev–Trinajstić information content (AvgIpc) is 2.36. The molecule has 0 amide bonds. The van der Waals surface area contributed by atoms with Gasteiger partial charge >= 0.3 is 0 Å². The zero-order valence-corrected chi connectivity index (χ0v) is 9.94. The molecule has 0 aromatic heterocycles. The van der Waals surface area contributed by atoms with Gasteiger partial charge in [0, 0.05) is 23.4 Å². The summed E-state index contributed by atoms with van der Waals surface area (Å²) in [5.41, 5.74) is 1.74. The summed E-state index contributed by atoms with van der Waals surface area (Å²) in [4.78, 5) is 0. The molecule has 3 N–H and O–H groups in total. The van der Waals surface area contributed by atoms with E-state index >= 15 is 0 Å². The lowest BCUT2D eigenvalue weighted by molar-refractivity contribution is 0.400. The Morgan fingerprint density at radius 3 is 2.61 bits per heavy atom. The molecule has 0 radical (unpaired) electrons. The molecule has 18 heavy (non-hydrogen) atoms. The first kappa shape index (κ1) is 12.2. The quantitative estimate of drug-likeness (QED) is 0.730. The summed E-state index contributed by atoms with van der Waals surface area (Å²) in [7, 11) is 0. The van der Waals surface area contributed by atoms with Crippen molar-refractivity contribution in [2.75, 3.05) is 5.32 Å². The normalized spacial score (nSPS) is 10.3. The summed E-state index contributed by atoms with van der Waals surface area (Å²) >= 11 is 0. The number of nitrogens with one attached hydrogen (secondary N) is 1. The summed E-state index contributed by atoms with van der Waals surface area (Å²) in [6.45, 7) is 1.99. The molecule has 0 unspecified atom stereocenters. The van der Waals surface area contributed by atoms with Crippen molar-refractivity contribution >= 4 is 5.69 Å². The standard InChI is InChI=1S/C14H14FNO2/c1-9-11(15)5-3-6-12(9)16-8-10-4-2-7-13(17)14(10)18/h2-7,16-18H,8H2,1H3. The lowest BCUT2D eigenvalue weighted by Gasteiger charge is -2.11. The monoisotopic (exact) mass is 247 g/mol. The number of anilines is 1. The third-order valence-corrected chi connectivity index (χ3v) is 2.84. The van der Waals surface area contributed by atoms with E-state index in [1.54, 1.807) is 31.2 Å².